The highest BCUT2D eigenvalue weighted by atomic mass is 35.5. The van der Waals surface area contributed by atoms with Gasteiger partial charge in [-0.3, -0.25) is 4.79 Å². The lowest BCUT2D eigenvalue weighted by molar-refractivity contribution is 0.0940. The Morgan fingerprint density at radius 2 is 1.76 bits per heavy atom. The molecule has 0 saturated carbocycles. The fraction of sp³-hybridized carbons (Fsp3) is 0.346. The summed E-state index contributed by atoms with van der Waals surface area (Å²) >= 11 is 7.82. The number of anilines is 1. The van der Waals surface area contributed by atoms with Gasteiger partial charge in [0.15, 0.2) is 5.16 Å². The third-order valence-corrected chi connectivity index (χ3v) is 6.29. The SMILES string of the molecule is CCCN(CCC)c1cc(Cl)nc(SCc2cccc(C(=O)NC(C)c3ccccc3)c2)n1. The second-order valence-electron chi connectivity index (χ2n) is 7.91. The van der Waals surface area contributed by atoms with Crippen LogP contribution in [0.3, 0.4) is 0 Å². The van der Waals surface area contributed by atoms with Gasteiger partial charge in [0.1, 0.15) is 11.0 Å². The van der Waals surface area contributed by atoms with Gasteiger partial charge in [-0.25, -0.2) is 9.97 Å². The van der Waals surface area contributed by atoms with Crippen molar-refractivity contribution in [1.82, 2.24) is 15.3 Å². The molecule has 1 atom stereocenters. The number of carbonyl (C=O) groups excluding carboxylic acids is 1. The predicted octanol–water partition coefficient (Wildman–Crippen LogP) is 6.54. The van der Waals surface area contributed by atoms with E-state index in [0.717, 1.165) is 42.9 Å². The number of aromatic nitrogens is 2. The second kappa shape index (κ2) is 12.6. The van der Waals surface area contributed by atoms with Crippen LogP contribution < -0.4 is 10.2 Å². The van der Waals surface area contributed by atoms with Crippen LogP contribution in [-0.2, 0) is 5.75 Å². The quantitative estimate of drug-likeness (QED) is 0.191. The van der Waals surface area contributed by atoms with E-state index >= 15 is 0 Å². The molecule has 0 saturated heterocycles. The van der Waals surface area contributed by atoms with E-state index < -0.39 is 0 Å². The lowest BCUT2D eigenvalue weighted by atomic mass is 10.1. The molecular formula is C26H31ClN4OS. The zero-order chi connectivity index (χ0) is 23.6. The smallest absolute Gasteiger partial charge is 0.251 e. The zero-order valence-electron chi connectivity index (χ0n) is 19.4. The zero-order valence-corrected chi connectivity index (χ0v) is 21.0. The molecule has 1 unspecified atom stereocenters. The Bertz CT molecular complexity index is 1040. The lowest BCUT2D eigenvalue weighted by Crippen LogP contribution is -2.26. The van der Waals surface area contributed by atoms with Gasteiger partial charge in [-0.2, -0.15) is 0 Å². The highest BCUT2D eigenvalue weighted by Gasteiger charge is 2.13. The Kier molecular flexibility index (Phi) is 9.58. The summed E-state index contributed by atoms with van der Waals surface area (Å²) < 4.78 is 0. The number of benzene rings is 2. The van der Waals surface area contributed by atoms with Crippen LogP contribution in [0, 0.1) is 0 Å². The maximum absolute atomic E-state index is 12.8. The molecule has 0 aliphatic heterocycles. The maximum Gasteiger partial charge on any atom is 0.251 e. The van der Waals surface area contributed by atoms with Gasteiger partial charge in [0.05, 0.1) is 6.04 Å². The van der Waals surface area contributed by atoms with E-state index in [1.165, 1.54) is 11.8 Å². The third kappa shape index (κ3) is 7.47. The average Bonchev–Trinajstić information content (AvgIpc) is 2.83. The minimum absolute atomic E-state index is 0.0656. The molecule has 2 aromatic carbocycles. The molecule has 1 amide bonds. The van der Waals surface area contributed by atoms with Crippen molar-refractivity contribution in [2.75, 3.05) is 18.0 Å². The predicted molar refractivity (Wildman–Crippen MR) is 138 cm³/mol. The molecule has 1 N–H and O–H groups in total. The molecule has 33 heavy (non-hydrogen) atoms. The van der Waals surface area contributed by atoms with E-state index in [2.05, 4.69) is 29.0 Å². The van der Waals surface area contributed by atoms with Gasteiger partial charge in [0.2, 0.25) is 0 Å². The van der Waals surface area contributed by atoms with Crippen LogP contribution in [0.2, 0.25) is 5.15 Å². The molecule has 1 aromatic heterocycles. The van der Waals surface area contributed by atoms with Crippen molar-refractivity contribution in [3.63, 3.8) is 0 Å². The Balaban J connectivity index is 1.66. The molecule has 174 valence electrons. The minimum atomic E-state index is -0.0886. The van der Waals surface area contributed by atoms with Crippen molar-refractivity contribution in [3.05, 3.63) is 82.5 Å². The van der Waals surface area contributed by atoms with E-state index in [0.29, 0.717) is 21.6 Å². The van der Waals surface area contributed by atoms with Crippen molar-refractivity contribution < 1.29 is 4.79 Å². The number of hydrogen-bond donors (Lipinski definition) is 1. The first-order valence-electron chi connectivity index (χ1n) is 11.4. The number of halogens is 1. The summed E-state index contributed by atoms with van der Waals surface area (Å²) in [6, 6.07) is 19.4. The topological polar surface area (TPSA) is 58.1 Å². The van der Waals surface area contributed by atoms with Gasteiger partial charge < -0.3 is 10.2 Å². The van der Waals surface area contributed by atoms with Crippen LogP contribution in [0.5, 0.6) is 0 Å². The number of rotatable bonds is 11. The van der Waals surface area contributed by atoms with Crippen LogP contribution in [0.4, 0.5) is 5.82 Å². The van der Waals surface area contributed by atoms with Gasteiger partial charge in [0.25, 0.3) is 5.91 Å². The van der Waals surface area contributed by atoms with E-state index in [1.807, 2.05) is 67.6 Å². The van der Waals surface area contributed by atoms with E-state index in [1.54, 1.807) is 0 Å². The molecule has 1 heterocycles. The second-order valence-corrected chi connectivity index (χ2v) is 9.24. The summed E-state index contributed by atoms with van der Waals surface area (Å²) in [5, 5.41) is 4.16. The van der Waals surface area contributed by atoms with Crippen LogP contribution >= 0.6 is 23.4 Å². The van der Waals surface area contributed by atoms with Crippen molar-refractivity contribution in [2.45, 2.75) is 50.6 Å². The highest BCUT2D eigenvalue weighted by Crippen LogP contribution is 2.25. The largest absolute Gasteiger partial charge is 0.356 e. The van der Waals surface area contributed by atoms with Crippen LogP contribution in [-0.4, -0.2) is 29.0 Å². The van der Waals surface area contributed by atoms with Gasteiger partial charge in [-0.15, -0.1) is 0 Å². The van der Waals surface area contributed by atoms with Crippen LogP contribution in [0.25, 0.3) is 0 Å². The van der Waals surface area contributed by atoms with Crippen LogP contribution in [0.15, 0.2) is 65.8 Å². The Labute approximate surface area is 206 Å². The first-order chi connectivity index (χ1) is 16.0. The normalized spacial score (nSPS) is 11.8. The maximum atomic E-state index is 12.8. The molecule has 0 bridgehead atoms. The first kappa shape index (κ1) is 25.1. The van der Waals surface area contributed by atoms with Crippen LogP contribution in [0.1, 0.15) is 61.1 Å². The van der Waals surface area contributed by atoms with E-state index in [4.69, 9.17) is 16.6 Å². The number of hydrogen-bond acceptors (Lipinski definition) is 5. The molecule has 0 radical (unpaired) electrons. The monoisotopic (exact) mass is 482 g/mol. The number of amides is 1. The third-order valence-electron chi connectivity index (χ3n) is 5.18. The molecule has 0 aliphatic carbocycles. The Hall–Kier alpha value is -2.57. The summed E-state index contributed by atoms with van der Waals surface area (Å²) in [4.78, 5) is 24.1. The molecule has 3 aromatic rings. The van der Waals surface area contributed by atoms with Gasteiger partial charge in [-0.05, 0) is 43.0 Å². The van der Waals surface area contributed by atoms with Crippen molar-refractivity contribution >= 4 is 35.1 Å². The first-order valence-corrected chi connectivity index (χ1v) is 12.7. The Morgan fingerprint density at radius 1 is 1.03 bits per heavy atom. The number of nitrogens with zero attached hydrogens (tertiary/aromatic N) is 3. The standard InChI is InChI=1S/C26H31ClN4OS/c1-4-14-31(15-5-2)24-17-23(27)29-26(30-24)33-18-20-10-9-13-22(16-20)25(32)28-19(3)21-11-7-6-8-12-21/h6-13,16-17,19H,4-5,14-15,18H2,1-3H3,(H,28,32). The lowest BCUT2D eigenvalue weighted by Gasteiger charge is -2.22. The molecule has 7 heteroatoms. The van der Waals surface area contributed by atoms with E-state index in [-0.39, 0.29) is 11.9 Å². The number of thioether (sulfide) groups is 1. The van der Waals surface area contributed by atoms with Gasteiger partial charge in [0, 0.05) is 30.5 Å². The van der Waals surface area contributed by atoms with Gasteiger partial charge >= 0.3 is 0 Å². The molecule has 5 nitrogen and oxygen atoms in total. The molecule has 0 spiro atoms. The minimum Gasteiger partial charge on any atom is -0.356 e. The van der Waals surface area contributed by atoms with Gasteiger partial charge in [-0.1, -0.05) is 79.7 Å². The molecule has 3 rings (SSSR count). The molecule has 0 aliphatic rings. The summed E-state index contributed by atoms with van der Waals surface area (Å²) in [6.45, 7) is 8.17. The van der Waals surface area contributed by atoms with E-state index in [9.17, 15) is 4.79 Å². The summed E-state index contributed by atoms with van der Waals surface area (Å²) in [5.74, 6) is 1.43. The van der Waals surface area contributed by atoms with Crippen molar-refractivity contribution in [2.24, 2.45) is 0 Å². The Morgan fingerprint density at radius 3 is 2.45 bits per heavy atom. The number of nitrogens with one attached hydrogen (secondary N) is 1. The highest BCUT2D eigenvalue weighted by molar-refractivity contribution is 7.98. The fourth-order valence-electron chi connectivity index (χ4n) is 3.55. The number of carbonyl (C=O) groups is 1. The molecular weight excluding hydrogens is 452 g/mol. The summed E-state index contributed by atoms with van der Waals surface area (Å²) in [6.07, 6.45) is 2.09. The van der Waals surface area contributed by atoms with Crippen molar-refractivity contribution in [3.8, 4) is 0 Å². The fourth-order valence-corrected chi connectivity index (χ4v) is 4.57. The summed E-state index contributed by atoms with van der Waals surface area (Å²) in [7, 11) is 0. The molecule has 0 fully saturated rings. The summed E-state index contributed by atoms with van der Waals surface area (Å²) in [5.41, 5.74) is 2.75. The van der Waals surface area contributed by atoms with Crippen molar-refractivity contribution in [1.29, 1.82) is 0 Å². The average molecular weight is 483 g/mol.